The fourth-order valence-electron chi connectivity index (χ4n) is 3.51. The highest BCUT2D eigenvalue weighted by Crippen LogP contribution is 2.34. The van der Waals surface area contributed by atoms with Gasteiger partial charge in [-0.1, -0.05) is 137 Å². The van der Waals surface area contributed by atoms with E-state index in [4.69, 9.17) is 0 Å². The molecular weight excluding hydrogens is 473 g/mol. The lowest BCUT2D eigenvalue weighted by molar-refractivity contribution is 0.760. The Morgan fingerprint density at radius 3 is 1.11 bits per heavy atom. The zero-order valence-electron chi connectivity index (χ0n) is 21.5. The predicted molar refractivity (Wildman–Crippen MR) is 167 cm³/mol. The third-order valence-corrected chi connectivity index (χ3v) is 8.40. The van der Waals surface area contributed by atoms with E-state index in [1.165, 1.54) is 20.9 Å². The van der Waals surface area contributed by atoms with Crippen LogP contribution < -0.4 is 0 Å². The Kier molecular flexibility index (Phi) is 13.6. The molecule has 0 bridgehead atoms. The number of rotatable bonds is 15. The Morgan fingerprint density at radius 2 is 0.806 bits per heavy atom. The van der Waals surface area contributed by atoms with Crippen molar-refractivity contribution in [3.63, 3.8) is 0 Å². The van der Waals surface area contributed by atoms with Crippen LogP contribution in [0.4, 0.5) is 0 Å². The summed E-state index contributed by atoms with van der Waals surface area (Å²) in [4.78, 5) is 2.50. The SMILES string of the molecule is C=CC=CC(C)C(C=CC=C)Sc1ccc(-c2ccc(SC(C=CC=C)C(C)C=CC=C)cc2)cc1. The second-order valence-corrected chi connectivity index (χ2v) is 10.9. The summed E-state index contributed by atoms with van der Waals surface area (Å²) in [6, 6.07) is 17.7. The average molecular weight is 511 g/mol. The van der Waals surface area contributed by atoms with Crippen LogP contribution in [0.3, 0.4) is 0 Å². The van der Waals surface area contributed by atoms with Crippen molar-refractivity contribution >= 4 is 23.5 Å². The normalized spacial score (nSPS) is 15.3. The number of hydrogen-bond donors (Lipinski definition) is 0. The lowest BCUT2D eigenvalue weighted by Crippen LogP contribution is -2.09. The van der Waals surface area contributed by atoms with E-state index in [1.54, 1.807) is 0 Å². The van der Waals surface area contributed by atoms with Crippen LogP contribution >= 0.6 is 23.5 Å². The van der Waals surface area contributed by atoms with Crippen LogP contribution in [0.2, 0.25) is 0 Å². The average Bonchev–Trinajstić information content (AvgIpc) is 2.91. The summed E-state index contributed by atoms with van der Waals surface area (Å²) in [5, 5.41) is 0.654. The molecule has 36 heavy (non-hydrogen) atoms. The zero-order valence-corrected chi connectivity index (χ0v) is 23.1. The molecule has 0 aliphatic rings. The largest absolute Gasteiger partial charge is 0.118 e. The van der Waals surface area contributed by atoms with E-state index in [0.29, 0.717) is 22.3 Å². The van der Waals surface area contributed by atoms with Crippen molar-refractivity contribution in [2.75, 3.05) is 0 Å². The molecule has 0 radical (unpaired) electrons. The fourth-order valence-corrected chi connectivity index (χ4v) is 5.68. The van der Waals surface area contributed by atoms with Gasteiger partial charge >= 0.3 is 0 Å². The number of allylic oxidation sites excluding steroid dienone is 10. The summed E-state index contributed by atoms with van der Waals surface area (Å²) < 4.78 is 0. The second-order valence-electron chi connectivity index (χ2n) is 8.41. The van der Waals surface area contributed by atoms with Gasteiger partial charge in [-0.2, -0.15) is 0 Å². The summed E-state index contributed by atoms with van der Waals surface area (Å²) in [7, 11) is 0. The molecule has 0 aromatic heterocycles. The highest BCUT2D eigenvalue weighted by molar-refractivity contribution is 8.00. The topological polar surface area (TPSA) is 0 Å². The first-order valence-corrected chi connectivity index (χ1v) is 14.0. The highest BCUT2D eigenvalue weighted by atomic mass is 32.2. The summed E-state index contributed by atoms with van der Waals surface area (Å²) in [6.07, 6.45) is 24.2. The standard InChI is InChI=1S/C34H38S2/c1-7-11-15-27(5)33(17-13-9-3)35-31-23-19-29(20-24-31)30-21-25-32(26-22-30)36-34(18-14-10-4)28(6)16-12-8-2/h7-28,33-34H,1-4H2,5-6H3. The first-order valence-electron chi connectivity index (χ1n) is 12.2. The minimum atomic E-state index is 0.327. The maximum atomic E-state index is 3.82. The van der Waals surface area contributed by atoms with Crippen molar-refractivity contribution in [1.29, 1.82) is 0 Å². The Morgan fingerprint density at radius 1 is 0.500 bits per heavy atom. The van der Waals surface area contributed by atoms with E-state index in [-0.39, 0.29) is 0 Å². The molecule has 4 unspecified atom stereocenters. The number of thioether (sulfide) groups is 2. The molecule has 186 valence electrons. The van der Waals surface area contributed by atoms with Gasteiger partial charge in [0.05, 0.1) is 0 Å². The molecule has 0 aliphatic carbocycles. The second kappa shape index (κ2) is 16.7. The Labute approximate surface area is 227 Å². The number of hydrogen-bond acceptors (Lipinski definition) is 2. The summed E-state index contributed by atoms with van der Waals surface area (Å²) in [5.74, 6) is 0.767. The van der Waals surface area contributed by atoms with Crippen LogP contribution in [0.15, 0.2) is 158 Å². The summed E-state index contributed by atoms with van der Waals surface area (Å²) >= 11 is 3.73. The van der Waals surface area contributed by atoms with Gasteiger partial charge in [0.15, 0.2) is 0 Å². The quantitative estimate of drug-likeness (QED) is 0.173. The minimum Gasteiger partial charge on any atom is -0.118 e. The first kappa shape index (κ1) is 29.3. The summed E-state index contributed by atoms with van der Waals surface area (Å²) in [5.41, 5.74) is 2.44. The van der Waals surface area contributed by atoms with Gasteiger partial charge in [0.1, 0.15) is 0 Å². The van der Waals surface area contributed by atoms with E-state index in [1.807, 2.05) is 72.1 Å². The third-order valence-electron chi connectivity index (χ3n) is 5.60. The smallest absolute Gasteiger partial charge is 0.0337 e. The van der Waals surface area contributed by atoms with Gasteiger partial charge in [-0.25, -0.2) is 0 Å². The van der Waals surface area contributed by atoms with Crippen LogP contribution in [0.25, 0.3) is 11.1 Å². The molecule has 2 heteroatoms. The van der Waals surface area contributed by atoms with Gasteiger partial charge in [0.2, 0.25) is 0 Å². The molecule has 2 rings (SSSR count). The molecule has 0 N–H and O–H groups in total. The van der Waals surface area contributed by atoms with E-state index < -0.39 is 0 Å². The van der Waals surface area contributed by atoms with Crippen molar-refractivity contribution < 1.29 is 0 Å². The van der Waals surface area contributed by atoms with E-state index >= 15 is 0 Å². The Bertz CT molecular complexity index is 992. The van der Waals surface area contributed by atoms with Gasteiger partial charge in [-0.3, -0.25) is 0 Å². The van der Waals surface area contributed by atoms with Gasteiger partial charge in [0.25, 0.3) is 0 Å². The molecule has 2 aromatic rings. The molecule has 4 atom stereocenters. The van der Waals surface area contributed by atoms with Gasteiger partial charge < -0.3 is 0 Å². The Hall–Kier alpha value is -2.94. The Balaban J connectivity index is 2.13. The van der Waals surface area contributed by atoms with Crippen molar-refractivity contribution in [3.8, 4) is 11.1 Å². The van der Waals surface area contributed by atoms with Gasteiger partial charge in [0, 0.05) is 20.3 Å². The lowest BCUT2D eigenvalue weighted by Gasteiger charge is -2.18. The molecular formula is C34H38S2. The lowest BCUT2D eigenvalue weighted by atomic mass is 10.1. The molecule has 0 aliphatic heterocycles. The van der Waals surface area contributed by atoms with Crippen LogP contribution in [0.1, 0.15) is 13.8 Å². The molecule has 0 amide bonds. The van der Waals surface area contributed by atoms with Crippen LogP contribution in [-0.2, 0) is 0 Å². The van der Waals surface area contributed by atoms with E-state index in [2.05, 4.69) is 113 Å². The van der Waals surface area contributed by atoms with Gasteiger partial charge in [-0.05, 0) is 47.2 Å². The molecule has 0 fully saturated rings. The number of benzene rings is 2. The monoisotopic (exact) mass is 510 g/mol. The maximum Gasteiger partial charge on any atom is 0.0337 e. The molecule has 0 saturated heterocycles. The van der Waals surface area contributed by atoms with E-state index in [9.17, 15) is 0 Å². The van der Waals surface area contributed by atoms with Crippen molar-refractivity contribution in [2.24, 2.45) is 11.8 Å². The third kappa shape index (κ3) is 9.97. The van der Waals surface area contributed by atoms with Crippen LogP contribution in [-0.4, -0.2) is 10.5 Å². The zero-order chi connectivity index (χ0) is 26.2. The van der Waals surface area contributed by atoms with Crippen LogP contribution in [0.5, 0.6) is 0 Å². The molecule has 0 saturated carbocycles. The maximum absolute atomic E-state index is 3.82. The molecule has 2 aromatic carbocycles. The predicted octanol–water partition coefficient (Wildman–Crippen LogP) is 10.5. The van der Waals surface area contributed by atoms with Crippen molar-refractivity contribution in [2.45, 2.75) is 34.1 Å². The van der Waals surface area contributed by atoms with Crippen molar-refractivity contribution in [1.82, 2.24) is 0 Å². The molecule has 0 spiro atoms. The first-order chi connectivity index (χ1) is 17.5. The molecule has 0 heterocycles. The summed E-state index contributed by atoms with van der Waals surface area (Å²) in [6.45, 7) is 19.7. The molecule has 0 nitrogen and oxygen atoms in total. The van der Waals surface area contributed by atoms with Crippen molar-refractivity contribution in [3.05, 3.63) is 148 Å². The minimum absolute atomic E-state index is 0.327. The van der Waals surface area contributed by atoms with Crippen LogP contribution in [0, 0.1) is 11.8 Å². The van der Waals surface area contributed by atoms with E-state index in [0.717, 1.165) is 0 Å². The van der Waals surface area contributed by atoms with Gasteiger partial charge in [-0.15, -0.1) is 23.5 Å². The fraction of sp³-hybridized carbons (Fsp3) is 0.176. The highest BCUT2D eigenvalue weighted by Gasteiger charge is 2.15.